The van der Waals surface area contributed by atoms with Crippen molar-refractivity contribution in [2.75, 3.05) is 0 Å². The number of ketones is 1. The molecule has 4 rings (SSSR count). The van der Waals surface area contributed by atoms with E-state index in [9.17, 15) is 4.79 Å². The molecule has 0 atom stereocenters. The van der Waals surface area contributed by atoms with Gasteiger partial charge in [0, 0.05) is 16.8 Å². The van der Waals surface area contributed by atoms with Gasteiger partial charge in [-0.05, 0) is 72.3 Å². The first-order chi connectivity index (χ1) is 19.0. The highest BCUT2D eigenvalue weighted by atomic mass is 16.1. The average Bonchev–Trinajstić information content (AvgIpc) is 2.92. The summed E-state index contributed by atoms with van der Waals surface area (Å²) in [6.07, 6.45) is 4.36. The second kappa shape index (κ2) is 17.2. The smallest absolute Gasteiger partial charge is 0.193 e. The van der Waals surface area contributed by atoms with E-state index in [1.165, 1.54) is 28.3 Å². The van der Waals surface area contributed by atoms with Crippen LogP contribution in [0.1, 0.15) is 88.4 Å². The van der Waals surface area contributed by atoms with Crippen molar-refractivity contribution in [3.05, 3.63) is 119 Å². The van der Waals surface area contributed by atoms with E-state index in [4.69, 9.17) is 5.41 Å². The van der Waals surface area contributed by atoms with Gasteiger partial charge in [0.2, 0.25) is 0 Å². The van der Waals surface area contributed by atoms with Crippen molar-refractivity contribution in [1.82, 2.24) is 0 Å². The SMILES string of the molecule is CC(=N)CCC(C)C.CC(C)Cc1ccc(C(=O)c2ccccc2)cc1.CC(C)Cc1ccc2ccccc2c1. The summed E-state index contributed by atoms with van der Waals surface area (Å²) in [6, 6.07) is 32.6. The Morgan fingerprint density at radius 2 is 1.10 bits per heavy atom. The van der Waals surface area contributed by atoms with Gasteiger partial charge in [-0.1, -0.05) is 139 Å². The summed E-state index contributed by atoms with van der Waals surface area (Å²) < 4.78 is 0. The standard InChI is InChI=1S/C17H18O.C14H16.C7H15N/c1-13(2)12-14-8-10-16(11-9-14)17(18)15-6-4-3-5-7-15;1-11(2)9-12-7-8-13-5-3-4-6-14(13)10-12;1-6(2)4-5-7(3)8/h3-11,13H,12H2,1-2H3;3-8,10-11H,9H2,1-2H3;6,8H,4-5H2,1-3H3. The number of carbonyl (C=O) groups is 1. The fourth-order valence-corrected chi connectivity index (χ4v) is 4.36. The van der Waals surface area contributed by atoms with Crippen LogP contribution < -0.4 is 0 Å². The van der Waals surface area contributed by atoms with E-state index in [0.29, 0.717) is 5.92 Å². The molecule has 1 N–H and O–H groups in total. The van der Waals surface area contributed by atoms with Crippen molar-refractivity contribution in [2.45, 2.75) is 74.1 Å². The molecule has 0 spiro atoms. The molecule has 0 saturated heterocycles. The Balaban J connectivity index is 0.000000227. The van der Waals surface area contributed by atoms with E-state index in [0.717, 1.165) is 47.9 Å². The lowest BCUT2D eigenvalue weighted by molar-refractivity contribution is 0.103. The van der Waals surface area contributed by atoms with Gasteiger partial charge in [-0.25, -0.2) is 0 Å². The summed E-state index contributed by atoms with van der Waals surface area (Å²) in [5.41, 5.74) is 5.04. The number of hydrogen-bond donors (Lipinski definition) is 1. The predicted molar refractivity (Wildman–Crippen MR) is 175 cm³/mol. The third kappa shape index (κ3) is 12.6. The Labute approximate surface area is 243 Å². The van der Waals surface area contributed by atoms with Gasteiger partial charge in [-0.15, -0.1) is 0 Å². The molecular formula is C38H49NO. The summed E-state index contributed by atoms with van der Waals surface area (Å²) >= 11 is 0. The van der Waals surface area contributed by atoms with Crippen molar-refractivity contribution in [1.29, 1.82) is 5.41 Å². The Morgan fingerprint density at radius 1 is 0.600 bits per heavy atom. The van der Waals surface area contributed by atoms with Crippen LogP contribution in [0.4, 0.5) is 0 Å². The number of rotatable bonds is 9. The van der Waals surface area contributed by atoms with Crippen LogP contribution in [0.15, 0.2) is 97.1 Å². The molecule has 4 aromatic carbocycles. The Morgan fingerprint density at radius 3 is 1.62 bits per heavy atom. The number of hydrogen-bond acceptors (Lipinski definition) is 2. The van der Waals surface area contributed by atoms with Crippen LogP contribution in [-0.4, -0.2) is 11.5 Å². The van der Waals surface area contributed by atoms with Gasteiger partial charge in [0.1, 0.15) is 0 Å². The Bertz CT molecular complexity index is 1300. The normalized spacial score (nSPS) is 10.7. The first-order valence-electron chi connectivity index (χ1n) is 14.8. The van der Waals surface area contributed by atoms with Crippen LogP contribution in [0.2, 0.25) is 0 Å². The second-order valence-electron chi connectivity index (χ2n) is 12.0. The van der Waals surface area contributed by atoms with Crippen molar-refractivity contribution in [3.63, 3.8) is 0 Å². The van der Waals surface area contributed by atoms with E-state index in [1.807, 2.05) is 49.4 Å². The molecule has 212 valence electrons. The molecule has 2 heteroatoms. The largest absolute Gasteiger partial charge is 0.310 e. The van der Waals surface area contributed by atoms with Gasteiger partial charge in [0.25, 0.3) is 0 Å². The third-order valence-electron chi connectivity index (χ3n) is 6.45. The lowest BCUT2D eigenvalue weighted by Crippen LogP contribution is -2.01. The summed E-state index contributed by atoms with van der Waals surface area (Å²) in [4.78, 5) is 12.2. The van der Waals surface area contributed by atoms with Gasteiger partial charge in [0.05, 0.1) is 0 Å². The zero-order chi connectivity index (χ0) is 29.5. The fourth-order valence-electron chi connectivity index (χ4n) is 4.36. The van der Waals surface area contributed by atoms with Gasteiger partial charge < -0.3 is 5.41 Å². The summed E-state index contributed by atoms with van der Waals surface area (Å²) in [5.74, 6) is 2.21. The predicted octanol–water partition coefficient (Wildman–Crippen LogP) is 10.6. The molecule has 0 heterocycles. The molecule has 0 aliphatic heterocycles. The molecule has 0 aliphatic carbocycles. The van der Waals surface area contributed by atoms with Gasteiger partial charge in [-0.2, -0.15) is 0 Å². The molecule has 4 aromatic rings. The van der Waals surface area contributed by atoms with E-state index >= 15 is 0 Å². The average molecular weight is 536 g/mol. The lowest BCUT2D eigenvalue weighted by atomic mass is 9.98. The van der Waals surface area contributed by atoms with Gasteiger partial charge in [0.15, 0.2) is 5.78 Å². The van der Waals surface area contributed by atoms with Crippen LogP contribution in [0.3, 0.4) is 0 Å². The van der Waals surface area contributed by atoms with E-state index in [2.05, 4.69) is 96.1 Å². The zero-order valence-electron chi connectivity index (χ0n) is 25.7. The summed E-state index contributed by atoms with van der Waals surface area (Å²) in [5, 5.41) is 9.77. The minimum absolute atomic E-state index is 0.0895. The van der Waals surface area contributed by atoms with Gasteiger partial charge in [-0.3, -0.25) is 4.79 Å². The highest BCUT2D eigenvalue weighted by Gasteiger charge is 2.08. The molecule has 0 amide bonds. The zero-order valence-corrected chi connectivity index (χ0v) is 25.7. The summed E-state index contributed by atoms with van der Waals surface area (Å²) in [7, 11) is 0. The molecule has 0 aliphatic rings. The number of benzene rings is 4. The Kier molecular flexibility index (Phi) is 14.1. The molecular weight excluding hydrogens is 486 g/mol. The summed E-state index contributed by atoms with van der Waals surface area (Å²) in [6.45, 7) is 15.1. The maximum Gasteiger partial charge on any atom is 0.193 e. The highest BCUT2D eigenvalue weighted by Crippen LogP contribution is 2.18. The van der Waals surface area contributed by atoms with Crippen LogP contribution in [-0.2, 0) is 12.8 Å². The minimum atomic E-state index is 0.0895. The first-order valence-corrected chi connectivity index (χ1v) is 14.8. The minimum Gasteiger partial charge on any atom is -0.310 e. The molecule has 0 bridgehead atoms. The van der Waals surface area contributed by atoms with Crippen LogP contribution >= 0.6 is 0 Å². The molecule has 0 fully saturated rings. The van der Waals surface area contributed by atoms with Crippen molar-refractivity contribution in [3.8, 4) is 0 Å². The van der Waals surface area contributed by atoms with Gasteiger partial charge >= 0.3 is 0 Å². The number of carbonyl (C=O) groups excluding carboxylic acids is 1. The lowest BCUT2D eigenvalue weighted by Gasteiger charge is -2.06. The van der Waals surface area contributed by atoms with E-state index in [1.54, 1.807) is 0 Å². The number of nitrogens with one attached hydrogen (secondary N) is 1. The van der Waals surface area contributed by atoms with Crippen molar-refractivity contribution in [2.24, 2.45) is 17.8 Å². The monoisotopic (exact) mass is 535 g/mol. The quantitative estimate of drug-likeness (QED) is 0.168. The van der Waals surface area contributed by atoms with Crippen LogP contribution in [0.25, 0.3) is 10.8 Å². The first kappa shape index (κ1) is 32.7. The topological polar surface area (TPSA) is 40.9 Å². The molecule has 0 saturated carbocycles. The van der Waals surface area contributed by atoms with Crippen LogP contribution in [0, 0.1) is 23.2 Å². The highest BCUT2D eigenvalue weighted by molar-refractivity contribution is 6.08. The maximum atomic E-state index is 12.2. The third-order valence-corrected chi connectivity index (χ3v) is 6.45. The van der Waals surface area contributed by atoms with Crippen LogP contribution in [0.5, 0.6) is 0 Å². The Hall–Kier alpha value is -3.52. The van der Waals surface area contributed by atoms with Crippen molar-refractivity contribution < 1.29 is 4.79 Å². The molecule has 0 unspecified atom stereocenters. The fraction of sp³-hybridized carbons (Fsp3) is 0.368. The van der Waals surface area contributed by atoms with E-state index in [-0.39, 0.29) is 5.78 Å². The van der Waals surface area contributed by atoms with Crippen molar-refractivity contribution >= 4 is 22.3 Å². The molecule has 2 nitrogen and oxygen atoms in total. The molecule has 0 radical (unpaired) electrons. The maximum absolute atomic E-state index is 12.2. The molecule has 0 aromatic heterocycles. The number of fused-ring (bicyclic) bond motifs is 1. The van der Waals surface area contributed by atoms with E-state index < -0.39 is 0 Å². The molecule has 40 heavy (non-hydrogen) atoms. The second-order valence-corrected chi connectivity index (χ2v) is 12.0.